The summed E-state index contributed by atoms with van der Waals surface area (Å²) in [6, 6.07) is 25.3. The number of carbonyl (C=O) groups is 1. The van der Waals surface area contributed by atoms with Crippen LogP contribution in [0, 0.1) is 6.92 Å². The quantitative estimate of drug-likeness (QED) is 0.351. The summed E-state index contributed by atoms with van der Waals surface area (Å²) < 4.78 is 3.50. The molecular weight excluding hydrogens is 458 g/mol. The Balaban J connectivity index is 1.46. The third-order valence-corrected chi connectivity index (χ3v) is 6.94. The lowest BCUT2D eigenvalue weighted by atomic mass is 10.1. The Kier molecular flexibility index (Phi) is 6.37. The molecule has 1 amide bonds. The number of hydrogen-bond acceptors (Lipinski definition) is 5. The van der Waals surface area contributed by atoms with Crippen LogP contribution in [0.15, 0.2) is 88.8 Å². The van der Waals surface area contributed by atoms with E-state index in [1.807, 2.05) is 97.1 Å². The lowest BCUT2D eigenvalue weighted by molar-refractivity contribution is -0.120. The number of rotatable bonds is 7. The molecule has 2 heterocycles. The van der Waals surface area contributed by atoms with Gasteiger partial charge in [-0.2, -0.15) is 0 Å². The van der Waals surface area contributed by atoms with Crippen molar-refractivity contribution in [1.82, 2.24) is 24.5 Å². The molecule has 5 aromatic rings. The molecule has 7 nitrogen and oxygen atoms in total. The van der Waals surface area contributed by atoms with Crippen molar-refractivity contribution in [3.63, 3.8) is 0 Å². The molecule has 1 atom stereocenters. The van der Waals surface area contributed by atoms with E-state index in [1.165, 1.54) is 17.3 Å². The standard InChI is InChI=1S/C27H25N5O2S/c1-18-12-14-20(15-13-18)16-28-24(33)19(2)35-27-30-29-26-31(17-21-8-4-3-5-9-21)25(34)22-10-6-7-11-23(22)32(26)27/h3-15,19H,16-17H2,1-2H3,(H,28,33). The maximum atomic E-state index is 13.3. The Hall–Kier alpha value is -3.91. The summed E-state index contributed by atoms with van der Waals surface area (Å²) >= 11 is 1.32. The van der Waals surface area contributed by atoms with Gasteiger partial charge in [0.2, 0.25) is 11.7 Å². The zero-order valence-electron chi connectivity index (χ0n) is 19.5. The summed E-state index contributed by atoms with van der Waals surface area (Å²) in [5.74, 6) is 0.363. The molecule has 35 heavy (non-hydrogen) atoms. The van der Waals surface area contributed by atoms with Crippen molar-refractivity contribution in [3.8, 4) is 0 Å². The molecule has 0 saturated heterocycles. The minimum absolute atomic E-state index is 0.0887. The van der Waals surface area contributed by atoms with Crippen molar-refractivity contribution in [2.75, 3.05) is 0 Å². The number of benzene rings is 3. The molecule has 5 rings (SSSR count). The minimum Gasteiger partial charge on any atom is -0.351 e. The van der Waals surface area contributed by atoms with Gasteiger partial charge >= 0.3 is 0 Å². The molecule has 176 valence electrons. The van der Waals surface area contributed by atoms with Crippen molar-refractivity contribution in [1.29, 1.82) is 0 Å². The molecule has 0 fully saturated rings. The Morgan fingerprint density at radius 2 is 1.66 bits per heavy atom. The molecule has 0 radical (unpaired) electrons. The maximum absolute atomic E-state index is 13.3. The lowest BCUT2D eigenvalue weighted by Crippen LogP contribution is -2.30. The van der Waals surface area contributed by atoms with Crippen molar-refractivity contribution < 1.29 is 4.79 Å². The Labute approximate surface area is 206 Å². The average molecular weight is 484 g/mol. The lowest BCUT2D eigenvalue weighted by Gasteiger charge is -2.13. The third kappa shape index (κ3) is 4.70. The van der Waals surface area contributed by atoms with Gasteiger partial charge in [-0.15, -0.1) is 10.2 Å². The van der Waals surface area contributed by atoms with E-state index in [0.29, 0.717) is 29.4 Å². The van der Waals surface area contributed by atoms with E-state index >= 15 is 0 Å². The molecule has 0 aliphatic heterocycles. The van der Waals surface area contributed by atoms with E-state index in [9.17, 15) is 9.59 Å². The van der Waals surface area contributed by atoms with Crippen molar-refractivity contribution in [2.45, 2.75) is 37.3 Å². The predicted molar refractivity (Wildman–Crippen MR) is 139 cm³/mol. The van der Waals surface area contributed by atoms with Gasteiger partial charge in [-0.3, -0.25) is 18.6 Å². The Morgan fingerprint density at radius 1 is 0.943 bits per heavy atom. The van der Waals surface area contributed by atoms with Crippen LogP contribution in [0.4, 0.5) is 0 Å². The highest BCUT2D eigenvalue weighted by Crippen LogP contribution is 2.25. The average Bonchev–Trinajstić information content (AvgIpc) is 3.30. The first-order chi connectivity index (χ1) is 17.0. The third-order valence-electron chi connectivity index (χ3n) is 5.90. The summed E-state index contributed by atoms with van der Waals surface area (Å²) in [4.78, 5) is 26.2. The van der Waals surface area contributed by atoms with Crippen LogP contribution >= 0.6 is 11.8 Å². The first kappa shape index (κ1) is 22.9. The monoisotopic (exact) mass is 483 g/mol. The molecule has 0 spiro atoms. The first-order valence-corrected chi connectivity index (χ1v) is 12.3. The number of para-hydroxylation sites is 1. The molecular formula is C27H25N5O2S. The summed E-state index contributed by atoms with van der Waals surface area (Å²) in [7, 11) is 0. The van der Waals surface area contributed by atoms with Gasteiger partial charge in [0.1, 0.15) is 0 Å². The normalized spacial score (nSPS) is 12.2. The minimum atomic E-state index is -0.402. The molecule has 8 heteroatoms. The van der Waals surface area contributed by atoms with Gasteiger partial charge in [-0.05, 0) is 37.1 Å². The zero-order valence-corrected chi connectivity index (χ0v) is 20.3. The van der Waals surface area contributed by atoms with Crippen LogP contribution in [0.5, 0.6) is 0 Å². The van der Waals surface area contributed by atoms with Gasteiger partial charge in [-0.1, -0.05) is 84.1 Å². The fourth-order valence-electron chi connectivity index (χ4n) is 3.97. The predicted octanol–water partition coefficient (Wildman–Crippen LogP) is 4.20. The maximum Gasteiger partial charge on any atom is 0.263 e. The van der Waals surface area contributed by atoms with Crippen LogP contribution in [0.2, 0.25) is 0 Å². The fourth-order valence-corrected chi connectivity index (χ4v) is 4.85. The van der Waals surface area contributed by atoms with E-state index in [0.717, 1.165) is 16.6 Å². The summed E-state index contributed by atoms with van der Waals surface area (Å²) in [6.07, 6.45) is 0. The van der Waals surface area contributed by atoms with Gasteiger partial charge in [0.05, 0.1) is 22.7 Å². The molecule has 0 bridgehead atoms. The van der Waals surface area contributed by atoms with Crippen LogP contribution < -0.4 is 10.9 Å². The molecule has 0 aliphatic carbocycles. The number of carbonyl (C=O) groups excluding carboxylic acids is 1. The smallest absolute Gasteiger partial charge is 0.263 e. The SMILES string of the molecule is Cc1ccc(CNC(=O)C(C)Sc2nnc3n(Cc4ccccc4)c(=O)c4ccccc4n23)cc1. The number of thioether (sulfide) groups is 1. The van der Waals surface area contributed by atoms with E-state index < -0.39 is 5.25 Å². The first-order valence-electron chi connectivity index (χ1n) is 11.4. The largest absolute Gasteiger partial charge is 0.351 e. The zero-order chi connectivity index (χ0) is 24.4. The molecule has 1 unspecified atom stereocenters. The fraction of sp³-hybridized carbons (Fsp3) is 0.185. The van der Waals surface area contributed by atoms with Crippen molar-refractivity contribution >= 4 is 34.3 Å². The number of amides is 1. The number of nitrogens with one attached hydrogen (secondary N) is 1. The van der Waals surface area contributed by atoms with E-state index in [2.05, 4.69) is 15.5 Å². The highest BCUT2D eigenvalue weighted by molar-refractivity contribution is 8.00. The molecule has 2 aromatic heterocycles. The highest BCUT2D eigenvalue weighted by atomic mass is 32.2. The summed E-state index contributed by atoms with van der Waals surface area (Å²) in [5, 5.41) is 12.5. The molecule has 1 N–H and O–H groups in total. The summed E-state index contributed by atoms with van der Waals surface area (Å²) in [6.45, 7) is 4.72. The van der Waals surface area contributed by atoms with Crippen LogP contribution in [0.1, 0.15) is 23.6 Å². The Bertz CT molecular complexity index is 1560. The number of hydrogen-bond donors (Lipinski definition) is 1. The van der Waals surface area contributed by atoms with Gasteiger partial charge in [0, 0.05) is 6.54 Å². The molecule has 0 saturated carbocycles. The van der Waals surface area contributed by atoms with Crippen LogP contribution in [-0.4, -0.2) is 30.3 Å². The van der Waals surface area contributed by atoms with Crippen molar-refractivity contribution in [3.05, 3.63) is 106 Å². The second kappa shape index (κ2) is 9.76. The summed E-state index contributed by atoms with van der Waals surface area (Å²) in [5.41, 5.74) is 3.82. The molecule has 0 aliphatic rings. The van der Waals surface area contributed by atoms with Gasteiger partial charge in [0.25, 0.3) is 5.56 Å². The van der Waals surface area contributed by atoms with Gasteiger partial charge < -0.3 is 5.32 Å². The number of aryl methyl sites for hydroxylation is 1. The van der Waals surface area contributed by atoms with E-state index in [-0.39, 0.29) is 11.5 Å². The van der Waals surface area contributed by atoms with Gasteiger partial charge in [0.15, 0.2) is 5.16 Å². The number of nitrogens with zero attached hydrogens (tertiary/aromatic N) is 4. The van der Waals surface area contributed by atoms with Crippen LogP contribution in [0.3, 0.4) is 0 Å². The second-order valence-corrected chi connectivity index (χ2v) is 9.78. The molecule has 3 aromatic carbocycles. The van der Waals surface area contributed by atoms with Crippen LogP contribution in [0.25, 0.3) is 16.7 Å². The van der Waals surface area contributed by atoms with Crippen LogP contribution in [-0.2, 0) is 17.9 Å². The Morgan fingerprint density at radius 3 is 2.43 bits per heavy atom. The van der Waals surface area contributed by atoms with Crippen molar-refractivity contribution in [2.24, 2.45) is 0 Å². The topological polar surface area (TPSA) is 81.3 Å². The number of fused-ring (bicyclic) bond motifs is 3. The highest BCUT2D eigenvalue weighted by Gasteiger charge is 2.21. The van der Waals surface area contributed by atoms with Gasteiger partial charge in [-0.25, -0.2) is 0 Å². The number of aromatic nitrogens is 4. The van der Waals surface area contributed by atoms with E-state index in [1.54, 1.807) is 4.57 Å². The second-order valence-electron chi connectivity index (χ2n) is 8.48. The van der Waals surface area contributed by atoms with E-state index in [4.69, 9.17) is 0 Å².